The first-order valence-corrected chi connectivity index (χ1v) is 8.57. The molecular weight excluding hydrogens is 314 g/mol. The maximum absolute atomic E-state index is 12.8. The number of aromatic nitrogens is 2. The van der Waals surface area contributed by atoms with Gasteiger partial charge in [0.1, 0.15) is 0 Å². The fourth-order valence-corrected chi connectivity index (χ4v) is 3.52. The first-order valence-electron chi connectivity index (χ1n) is 8.57. The molecule has 2 aromatic heterocycles. The fourth-order valence-electron chi connectivity index (χ4n) is 3.52. The standard InChI is InChI=1S/C20H21N3O2/c1-23-9-7-13-5-6-14(12-18(13)23)20(25)22-19(15-10-16(24)11-15)17-4-2-3-8-21-17/h2-9,12,15-16,19,24H,10-11H2,1H3,(H,22,25). The Morgan fingerprint density at radius 3 is 2.84 bits per heavy atom. The van der Waals surface area contributed by atoms with Crippen molar-refractivity contribution in [3.63, 3.8) is 0 Å². The Morgan fingerprint density at radius 2 is 2.12 bits per heavy atom. The van der Waals surface area contributed by atoms with Crippen LogP contribution in [0.5, 0.6) is 0 Å². The van der Waals surface area contributed by atoms with Gasteiger partial charge in [-0.2, -0.15) is 0 Å². The molecule has 128 valence electrons. The van der Waals surface area contributed by atoms with Gasteiger partial charge in [-0.3, -0.25) is 9.78 Å². The van der Waals surface area contributed by atoms with Gasteiger partial charge in [-0.15, -0.1) is 0 Å². The van der Waals surface area contributed by atoms with Gasteiger partial charge >= 0.3 is 0 Å². The number of fused-ring (bicyclic) bond motifs is 1. The van der Waals surface area contributed by atoms with Crippen LogP contribution in [0.3, 0.4) is 0 Å². The minimum Gasteiger partial charge on any atom is -0.393 e. The number of aliphatic hydroxyl groups excluding tert-OH is 1. The second-order valence-electron chi connectivity index (χ2n) is 6.79. The monoisotopic (exact) mass is 335 g/mol. The summed E-state index contributed by atoms with van der Waals surface area (Å²) in [6, 6.07) is 13.3. The minimum absolute atomic E-state index is 0.111. The van der Waals surface area contributed by atoms with Crippen molar-refractivity contribution < 1.29 is 9.90 Å². The van der Waals surface area contributed by atoms with Gasteiger partial charge in [0.05, 0.1) is 17.8 Å². The van der Waals surface area contributed by atoms with Gasteiger partial charge in [0.2, 0.25) is 0 Å². The molecule has 1 aliphatic carbocycles. The van der Waals surface area contributed by atoms with Gasteiger partial charge < -0.3 is 15.0 Å². The van der Waals surface area contributed by atoms with Crippen molar-refractivity contribution in [2.45, 2.75) is 25.0 Å². The zero-order chi connectivity index (χ0) is 17.4. The van der Waals surface area contributed by atoms with Gasteiger partial charge in [-0.25, -0.2) is 0 Å². The number of aliphatic hydroxyl groups is 1. The van der Waals surface area contributed by atoms with Crippen molar-refractivity contribution in [3.05, 3.63) is 66.1 Å². The number of carbonyl (C=O) groups excluding carboxylic acids is 1. The van der Waals surface area contributed by atoms with Gasteiger partial charge in [-0.1, -0.05) is 12.1 Å². The third-order valence-electron chi connectivity index (χ3n) is 5.06. The quantitative estimate of drug-likeness (QED) is 0.770. The number of aryl methyl sites for hydroxylation is 1. The van der Waals surface area contributed by atoms with Crippen LogP contribution in [0.2, 0.25) is 0 Å². The summed E-state index contributed by atoms with van der Waals surface area (Å²) in [5.74, 6) is 0.104. The van der Waals surface area contributed by atoms with Gasteiger partial charge in [-0.05, 0) is 54.5 Å². The van der Waals surface area contributed by atoms with Crippen molar-refractivity contribution in [2.75, 3.05) is 0 Å². The maximum Gasteiger partial charge on any atom is 0.251 e. The summed E-state index contributed by atoms with van der Waals surface area (Å²) < 4.78 is 2.00. The molecule has 5 nitrogen and oxygen atoms in total. The Morgan fingerprint density at radius 1 is 1.28 bits per heavy atom. The molecule has 1 atom stereocenters. The van der Waals surface area contributed by atoms with Crippen LogP contribution in [-0.4, -0.2) is 26.7 Å². The Bertz CT molecular complexity index is 898. The number of amides is 1. The van der Waals surface area contributed by atoms with Crippen LogP contribution in [0, 0.1) is 5.92 Å². The topological polar surface area (TPSA) is 67.2 Å². The molecule has 4 rings (SSSR count). The molecule has 1 saturated carbocycles. The van der Waals surface area contributed by atoms with E-state index in [1.807, 2.05) is 60.3 Å². The SMILES string of the molecule is Cn1ccc2ccc(C(=O)NC(c3ccccn3)C3CC(O)C3)cc21. The van der Waals surface area contributed by atoms with Crippen LogP contribution in [0.1, 0.15) is 34.9 Å². The van der Waals surface area contributed by atoms with Gasteiger partial charge in [0.15, 0.2) is 0 Å². The summed E-state index contributed by atoms with van der Waals surface area (Å²) in [6.45, 7) is 0. The third-order valence-corrected chi connectivity index (χ3v) is 5.06. The van der Waals surface area contributed by atoms with Crippen LogP contribution < -0.4 is 5.32 Å². The van der Waals surface area contributed by atoms with Crippen LogP contribution in [0.15, 0.2) is 54.9 Å². The Labute approximate surface area is 146 Å². The molecule has 1 aromatic carbocycles. The summed E-state index contributed by atoms with van der Waals surface area (Å²) >= 11 is 0. The lowest BCUT2D eigenvalue weighted by molar-refractivity contribution is 0.0228. The molecule has 0 spiro atoms. The predicted octanol–water partition coefficient (Wildman–Crippen LogP) is 2.82. The highest BCUT2D eigenvalue weighted by Gasteiger charge is 2.36. The summed E-state index contributed by atoms with van der Waals surface area (Å²) in [5, 5.41) is 13.9. The molecule has 2 N–H and O–H groups in total. The molecule has 25 heavy (non-hydrogen) atoms. The van der Waals surface area contributed by atoms with Gasteiger partial charge in [0.25, 0.3) is 5.91 Å². The van der Waals surface area contributed by atoms with Crippen molar-refractivity contribution in [1.29, 1.82) is 0 Å². The number of benzene rings is 1. The number of hydrogen-bond donors (Lipinski definition) is 2. The normalized spacial score (nSPS) is 20.9. The molecule has 5 heteroatoms. The third kappa shape index (κ3) is 3.03. The van der Waals surface area contributed by atoms with Crippen LogP contribution >= 0.6 is 0 Å². The lowest BCUT2D eigenvalue weighted by atomic mass is 9.76. The smallest absolute Gasteiger partial charge is 0.251 e. The van der Waals surface area contributed by atoms with E-state index in [1.54, 1.807) is 6.20 Å². The fraction of sp³-hybridized carbons (Fsp3) is 0.300. The van der Waals surface area contributed by atoms with E-state index in [2.05, 4.69) is 10.3 Å². The molecule has 0 saturated heterocycles. The summed E-state index contributed by atoms with van der Waals surface area (Å²) in [6.07, 6.45) is 4.84. The molecule has 1 aliphatic rings. The summed E-state index contributed by atoms with van der Waals surface area (Å²) in [5.41, 5.74) is 2.50. The number of hydrogen-bond acceptors (Lipinski definition) is 3. The average molecular weight is 335 g/mol. The van der Waals surface area contributed by atoms with E-state index < -0.39 is 0 Å². The molecule has 1 amide bonds. The van der Waals surface area contributed by atoms with E-state index in [1.165, 1.54) is 0 Å². The molecular formula is C20H21N3O2. The minimum atomic E-state index is -0.271. The zero-order valence-corrected chi connectivity index (χ0v) is 14.1. The van der Waals surface area contributed by atoms with E-state index in [0.717, 1.165) is 16.6 Å². The largest absolute Gasteiger partial charge is 0.393 e. The van der Waals surface area contributed by atoms with E-state index in [4.69, 9.17) is 0 Å². The van der Waals surface area contributed by atoms with Crippen molar-refractivity contribution in [3.8, 4) is 0 Å². The number of rotatable bonds is 4. The van der Waals surface area contributed by atoms with Crippen LogP contribution in [-0.2, 0) is 7.05 Å². The highest BCUT2D eigenvalue weighted by Crippen LogP contribution is 2.37. The first-order chi connectivity index (χ1) is 12.1. The molecule has 0 radical (unpaired) electrons. The Kier molecular flexibility index (Phi) is 4.01. The second-order valence-corrected chi connectivity index (χ2v) is 6.79. The average Bonchev–Trinajstić information content (AvgIpc) is 2.98. The Balaban J connectivity index is 1.60. The number of nitrogens with one attached hydrogen (secondary N) is 1. The molecule has 1 fully saturated rings. The molecule has 3 aromatic rings. The Hall–Kier alpha value is -2.66. The predicted molar refractivity (Wildman–Crippen MR) is 96.1 cm³/mol. The van der Waals surface area contributed by atoms with E-state index in [9.17, 15) is 9.90 Å². The highest BCUT2D eigenvalue weighted by molar-refractivity contribution is 5.98. The lowest BCUT2D eigenvalue weighted by Crippen LogP contribution is -2.41. The molecule has 0 bridgehead atoms. The molecule has 1 unspecified atom stereocenters. The van der Waals surface area contributed by atoms with E-state index in [-0.39, 0.29) is 24.0 Å². The number of nitrogens with zero attached hydrogens (tertiary/aromatic N) is 2. The summed E-state index contributed by atoms with van der Waals surface area (Å²) in [4.78, 5) is 17.2. The van der Waals surface area contributed by atoms with Gasteiger partial charge in [0, 0.05) is 30.5 Å². The maximum atomic E-state index is 12.8. The number of carbonyl (C=O) groups is 1. The lowest BCUT2D eigenvalue weighted by Gasteiger charge is -2.37. The molecule has 0 aliphatic heterocycles. The summed E-state index contributed by atoms with van der Waals surface area (Å²) in [7, 11) is 1.97. The van der Waals surface area contributed by atoms with E-state index >= 15 is 0 Å². The van der Waals surface area contributed by atoms with E-state index in [0.29, 0.717) is 18.4 Å². The zero-order valence-electron chi connectivity index (χ0n) is 14.1. The van der Waals surface area contributed by atoms with Crippen LogP contribution in [0.25, 0.3) is 10.9 Å². The highest BCUT2D eigenvalue weighted by atomic mass is 16.3. The molecule has 2 heterocycles. The number of pyridine rings is 1. The van der Waals surface area contributed by atoms with Crippen LogP contribution in [0.4, 0.5) is 0 Å². The van der Waals surface area contributed by atoms with Crippen molar-refractivity contribution in [2.24, 2.45) is 13.0 Å². The van der Waals surface area contributed by atoms with Crippen molar-refractivity contribution in [1.82, 2.24) is 14.9 Å². The van der Waals surface area contributed by atoms with Crippen molar-refractivity contribution >= 4 is 16.8 Å². The first kappa shape index (κ1) is 15.8. The second kappa shape index (κ2) is 6.33.